The van der Waals surface area contributed by atoms with Gasteiger partial charge in [0.15, 0.2) is 0 Å². The Bertz CT molecular complexity index is 380. The highest BCUT2D eigenvalue weighted by Crippen LogP contribution is 2.29. The summed E-state index contributed by atoms with van der Waals surface area (Å²) in [7, 11) is 0. The first-order chi connectivity index (χ1) is 8.16. The molecule has 2 atom stereocenters. The molecule has 2 N–H and O–H groups in total. The van der Waals surface area contributed by atoms with Gasteiger partial charge in [-0.3, -0.25) is 0 Å². The van der Waals surface area contributed by atoms with Gasteiger partial charge in [-0.25, -0.2) is 4.39 Å². The van der Waals surface area contributed by atoms with Crippen LogP contribution in [0.5, 0.6) is 0 Å². The number of hydrogen-bond acceptors (Lipinski definition) is 2. The molecule has 0 saturated carbocycles. The SMILES string of the molecule is NC(Cc1ccc(F)cc1Br)C1CCCCS1. The summed E-state index contributed by atoms with van der Waals surface area (Å²) in [5, 5.41) is 0.556. The Morgan fingerprint density at radius 3 is 2.94 bits per heavy atom. The van der Waals surface area contributed by atoms with Crippen LogP contribution in [0.2, 0.25) is 0 Å². The van der Waals surface area contributed by atoms with Crippen molar-refractivity contribution in [2.75, 3.05) is 5.75 Å². The molecule has 4 heteroatoms. The van der Waals surface area contributed by atoms with E-state index in [1.807, 2.05) is 17.8 Å². The minimum absolute atomic E-state index is 0.169. The molecule has 94 valence electrons. The average molecular weight is 318 g/mol. The van der Waals surface area contributed by atoms with E-state index in [-0.39, 0.29) is 11.9 Å². The summed E-state index contributed by atoms with van der Waals surface area (Å²) in [6.45, 7) is 0. The summed E-state index contributed by atoms with van der Waals surface area (Å²) in [5.41, 5.74) is 7.35. The van der Waals surface area contributed by atoms with Crippen LogP contribution in [0.15, 0.2) is 22.7 Å². The van der Waals surface area contributed by atoms with Gasteiger partial charge in [0.2, 0.25) is 0 Å². The van der Waals surface area contributed by atoms with Gasteiger partial charge in [0, 0.05) is 15.8 Å². The van der Waals surface area contributed by atoms with Crippen molar-refractivity contribution in [3.05, 3.63) is 34.1 Å². The monoisotopic (exact) mass is 317 g/mol. The van der Waals surface area contributed by atoms with Crippen molar-refractivity contribution in [2.24, 2.45) is 5.73 Å². The van der Waals surface area contributed by atoms with Gasteiger partial charge in [-0.2, -0.15) is 11.8 Å². The fourth-order valence-corrected chi connectivity index (χ4v) is 4.04. The van der Waals surface area contributed by atoms with Gasteiger partial charge in [0.1, 0.15) is 5.82 Å². The molecule has 2 rings (SSSR count). The smallest absolute Gasteiger partial charge is 0.124 e. The van der Waals surface area contributed by atoms with E-state index in [0.717, 1.165) is 16.5 Å². The predicted molar refractivity (Wildman–Crippen MR) is 75.9 cm³/mol. The first-order valence-electron chi connectivity index (χ1n) is 5.98. The van der Waals surface area contributed by atoms with E-state index in [4.69, 9.17) is 5.73 Å². The van der Waals surface area contributed by atoms with E-state index < -0.39 is 0 Å². The second kappa shape index (κ2) is 6.21. The van der Waals surface area contributed by atoms with Gasteiger partial charge in [0.25, 0.3) is 0 Å². The lowest BCUT2D eigenvalue weighted by molar-refractivity contribution is 0.558. The molecule has 0 bridgehead atoms. The van der Waals surface area contributed by atoms with Crippen molar-refractivity contribution in [3.63, 3.8) is 0 Å². The predicted octanol–water partition coefficient (Wildman–Crippen LogP) is 3.74. The molecule has 1 aliphatic rings. The quantitative estimate of drug-likeness (QED) is 0.919. The molecule has 1 aliphatic heterocycles. The Labute approximate surface area is 114 Å². The Morgan fingerprint density at radius 1 is 1.47 bits per heavy atom. The maximum Gasteiger partial charge on any atom is 0.124 e. The number of rotatable bonds is 3. The topological polar surface area (TPSA) is 26.0 Å². The van der Waals surface area contributed by atoms with E-state index in [0.29, 0.717) is 5.25 Å². The first kappa shape index (κ1) is 13.4. The van der Waals surface area contributed by atoms with Crippen LogP contribution in [0, 0.1) is 5.82 Å². The third-order valence-electron chi connectivity index (χ3n) is 3.16. The summed E-state index contributed by atoms with van der Waals surface area (Å²) in [4.78, 5) is 0. The molecule has 17 heavy (non-hydrogen) atoms. The summed E-state index contributed by atoms with van der Waals surface area (Å²) in [5.74, 6) is 1.02. The molecular formula is C13H17BrFNS. The average Bonchev–Trinajstić information content (AvgIpc) is 2.34. The Morgan fingerprint density at radius 2 is 2.29 bits per heavy atom. The molecule has 0 radical (unpaired) electrons. The summed E-state index contributed by atoms with van der Waals surface area (Å²) >= 11 is 5.38. The number of hydrogen-bond donors (Lipinski definition) is 1. The van der Waals surface area contributed by atoms with Crippen LogP contribution in [0.25, 0.3) is 0 Å². The van der Waals surface area contributed by atoms with Crippen LogP contribution in [-0.2, 0) is 6.42 Å². The lowest BCUT2D eigenvalue weighted by atomic mass is 10.0. The third-order valence-corrected chi connectivity index (χ3v) is 5.44. The molecule has 1 saturated heterocycles. The van der Waals surface area contributed by atoms with Crippen LogP contribution in [0.4, 0.5) is 4.39 Å². The zero-order valence-electron chi connectivity index (χ0n) is 9.66. The largest absolute Gasteiger partial charge is 0.326 e. The lowest BCUT2D eigenvalue weighted by Crippen LogP contribution is -2.36. The van der Waals surface area contributed by atoms with E-state index in [2.05, 4.69) is 15.9 Å². The Kier molecular flexibility index (Phi) is 4.88. The lowest BCUT2D eigenvalue weighted by Gasteiger charge is -2.27. The van der Waals surface area contributed by atoms with Crippen molar-refractivity contribution >= 4 is 27.7 Å². The fraction of sp³-hybridized carbons (Fsp3) is 0.538. The van der Waals surface area contributed by atoms with Crippen LogP contribution in [-0.4, -0.2) is 17.0 Å². The number of benzene rings is 1. The van der Waals surface area contributed by atoms with Crippen molar-refractivity contribution in [3.8, 4) is 0 Å². The van der Waals surface area contributed by atoms with Crippen molar-refractivity contribution in [2.45, 2.75) is 37.0 Å². The molecule has 2 unspecified atom stereocenters. The third kappa shape index (κ3) is 3.70. The molecular weight excluding hydrogens is 301 g/mol. The van der Waals surface area contributed by atoms with Gasteiger partial charge in [-0.15, -0.1) is 0 Å². The van der Waals surface area contributed by atoms with Crippen molar-refractivity contribution in [1.29, 1.82) is 0 Å². The van der Waals surface area contributed by atoms with Crippen LogP contribution >= 0.6 is 27.7 Å². The van der Waals surface area contributed by atoms with Crippen molar-refractivity contribution in [1.82, 2.24) is 0 Å². The fourth-order valence-electron chi connectivity index (χ4n) is 2.18. The van der Waals surface area contributed by atoms with Gasteiger partial charge in [0.05, 0.1) is 0 Å². The Balaban J connectivity index is 1.99. The minimum Gasteiger partial charge on any atom is -0.326 e. The van der Waals surface area contributed by atoms with Gasteiger partial charge >= 0.3 is 0 Å². The van der Waals surface area contributed by atoms with Crippen molar-refractivity contribution < 1.29 is 4.39 Å². The number of nitrogens with two attached hydrogens (primary N) is 1. The molecule has 0 spiro atoms. The molecule has 1 aromatic carbocycles. The van der Waals surface area contributed by atoms with E-state index >= 15 is 0 Å². The minimum atomic E-state index is -0.207. The normalized spacial score (nSPS) is 22.4. The zero-order valence-corrected chi connectivity index (χ0v) is 12.1. The molecule has 1 nitrogen and oxygen atoms in total. The second-order valence-electron chi connectivity index (χ2n) is 4.51. The van der Waals surface area contributed by atoms with Crippen LogP contribution < -0.4 is 5.73 Å². The standard InChI is InChI=1S/C13H17BrFNS/c14-11-8-10(15)5-4-9(11)7-12(16)13-3-1-2-6-17-13/h4-5,8,12-13H,1-3,6-7,16H2. The molecule has 0 amide bonds. The zero-order chi connectivity index (χ0) is 12.3. The van der Waals surface area contributed by atoms with E-state index in [9.17, 15) is 4.39 Å². The van der Waals surface area contributed by atoms with Crippen LogP contribution in [0.1, 0.15) is 24.8 Å². The number of thioether (sulfide) groups is 1. The molecule has 1 aromatic rings. The Hall–Kier alpha value is -0.0600. The number of halogens is 2. The molecule has 1 fully saturated rings. The molecule has 0 aromatic heterocycles. The van der Waals surface area contributed by atoms with Gasteiger partial charge in [-0.05, 0) is 42.7 Å². The highest BCUT2D eigenvalue weighted by Gasteiger charge is 2.21. The highest BCUT2D eigenvalue weighted by molar-refractivity contribution is 9.10. The summed E-state index contributed by atoms with van der Waals surface area (Å²) in [6, 6.07) is 5.01. The van der Waals surface area contributed by atoms with E-state index in [1.165, 1.54) is 37.1 Å². The first-order valence-corrected chi connectivity index (χ1v) is 7.82. The summed E-state index contributed by atoms with van der Waals surface area (Å²) in [6.07, 6.45) is 4.63. The second-order valence-corrected chi connectivity index (χ2v) is 6.71. The maximum atomic E-state index is 13.0. The molecule has 0 aliphatic carbocycles. The molecule has 1 heterocycles. The van der Waals surface area contributed by atoms with Gasteiger partial charge < -0.3 is 5.73 Å². The maximum absolute atomic E-state index is 13.0. The van der Waals surface area contributed by atoms with E-state index in [1.54, 1.807) is 0 Å². The van der Waals surface area contributed by atoms with Crippen LogP contribution in [0.3, 0.4) is 0 Å². The van der Waals surface area contributed by atoms with Gasteiger partial charge in [-0.1, -0.05) is 28.4 Å². The highest BCUT2D eigenvalue weighted by atomic mass is 79.9. The summed E-state index contributed by atoms with van der Waals surface area (Å²) < 4.78 is 13.8.